The van der Waals surface area contributed by atoms with E-state index in [4.69, 9.17) is 17.2 Å². The van der Waals surface area contributed by atoms with Crippen LogP contribution in [0.4, 0.5) is 0 Å². The monoisotopic (exact) mass is 524 g/mol. The maximum absolute atomic E-state index is 13.0. The zero-order chi connectivity index (χ0) is 28.0. The van der Waals surface area contributed by atoms with Gasteiger partial charge in [0.2, 0.25) is 23.6 Å². The third-order valence-electron chi connectivity index (χ3n) is 5.42. The van der Waals surface area contributed by atoms with Crippen molar-refractivity contribution < 1.29 is 39.3 Å². The zero-order valence-corrected chi connectivity index (χ0v) is 20.4. The molecule has 0 fully saturated rings. The number of aliphatic hydroxyl groups excluding tert-OH is 1. The van der Waals surface area contributed by atoms with E-state index in [1.807, 2.05) is 0 Å². The van der Waals surface area contributed by atoms with Crippen LogP contribution in [0.5, 0.6) is 5.75 Å². The molecule has 0 heterocycles. The highest BCUT2D eigenvalue weighted by Crippen LogP contribution is 2.12. The van der Waals surface area contributed by atoms with Crippen LogP contribution in [-0.2, 0) is 30.4 Å². The second-order valence-corrected chi connectivity index (χ2v) is 8.47. The smallest absolute Gasteiger partial charge is 0.326 e. The quantitative estimate of drug-likeness (QED) is 0.0944. The van der Waals surface area contributed by atoms with Gasteiger partial charge < -0.3 is 48.5 Å². The van der Waals surface area contributed by atoms with Gasteiger partial charge in [-0.05, 0) is 43.5 Å². The van der Waals surface area contributed by atoms with E-state index in [-0.39, 0.29) is 25.0 Å². The lowest BCUT2D eigenvalue weighted by Gasteiger charge is -2.24. The Morgan fingerprint density at radius 2 is 1.41 bits per heavy atom. The molecule has 14 nitrogen and oxygen atoms in total. The molecule has 0 aromatic heterocycles. The second-order valence-electron chi connectivity index (χ2n) is 8.47. The van der Waals surface area contributed by atoms with Crippen molar-refractivity contribution in [3.63, 3.8) is 0 Å². The molecule has 1 aromatic carbocycles. The van der Waals surface area contributed by atoms with Gasteiger partial charge in [0.25, 0.3) is 0 Å². The van der Waals surface area contributed by atoms with Crippen molar-refractivity contribution in [3.8, 4) is 5.75 Å². The van der Waals surface area contributed by atoms with Crippen LogP contribution in [0.25, 0.3) is 0 Å². The number of aromatic hydroxyl groups is 1. The van der Waals surface area contributed by atoms with E-state index in [9.17, 15) is 39.3 Å². The molecule has 0 saturated heterocycles. The number of nitrogens with two attached hydrogens (primary N) is 3. The molecule has 0 spiro atoms. The summed E-state index contributed by atoms with van der Waals surface area (Å²) in [6.45, 7) is -0.358. The number of carbonyl (C=O) groups excluding carboxylic acids is 4. The molecule has 12 N–H and O–H groups in total. The largest absolute Gasteiger partial charge is 0.508 e. The lowest BCUT2D eigenvalue weighted by atomic mass is 10.0. The van der Waals surface area contributed by atoms with Gasteiger partial charge in [-0.15, -0.1) is 0 Å². The van der Waals surface area contributed by atoms with Crippen LogP contribution in [0.1, 0.15) is 37.7 Å². The molecule has 4 amide bonds. The zero-order valence-electron chi connectivity index (χ0n) is 20.4. The Morgan fingerprint density at radius 3 is 1.95 bits per heavy atom. The molecule has 1 rings (SSSR count). The number of hydrogen-bond donors (Lipinski definition) is 9. The van der Waals surface area contributed by atoms with Crippen LogP contribution >= 0.6 is 0 Å². The summed E-state index contributed by atoms with van der Waals surface area (Å²) in [6, 6.07) is 0.545. The molecule has 14 heteroatoms. The number of amides is 4. The number of benzene rings is 1. The minimum absolute atomic E-state index is 0.0305. The summed E-state index contributed by atoms with van der Waals surface area (Å²) in [5.74, 6) is -4.67. The SMILES string of the molecule is NCCCCC(N)C(=O)NC(CO)C(=O)NC(Cc1ccc(O)cc1)C(=O)NC(CCC(N)=O)C(=O)O. The Balaban J connectivity index is 3.00. The number of phenolic OH excluding ortho intramolecular Hbond substituents is 1. The van der Waals surface area contributed by atoms with Crippen molar-refractivity contribution in [2.45, 2.75) is 62.7 Å². The summed E-state index contributed by atoms with van der Waals surface area (Å²) in [4.78, 5) is 60.7. The average molecular weight is 525 g/mol. The predicted octanol–water partition coefficient (Wildman–Crippen LogP) is -2.81. The number of phenols is 1. The van der Waals surface area contributed by atoms with Gasteiger partial charge in [-0.3, -0.25) is 19.2 Å². The summed E-state index contributed by atoms with van der Waals surface area (Å²) in [5, 5.41) is 35.6. The number of carboxylic acids is 1. The number of primary amides is 1. The fraction of sp³-hybridized carbons (Fsp3) is 0.522. The van der Waals surface area contributed by atoms with Gasteiger partial charge in [-0.1, -0.05) is 18.6 Å². The van der Waals surface area contributed by atoms with Crippen molar-refractivity contribution in [2.24, 2.45) is 17.2 Å². The third-order valence-corrected chi connectivity index (χ3v) is 5.42. The predicted molar refractivity (Wildman–Crippen MR) is 132 cm³/mol. The fourth-order valence-corrected chi connectivity index (χ4v) is 3.28. The van der Waals surface area contributed by atoms with Crippen molar-refractivity contribution >= 4 is 29.6 Å². The highest BCUT2D eigenvalue weighted by Gasteiger charge is 2.30. The number of nitrogens with one attached hydrogen (secondary N) is 3. The molecular weight excluding hydrogens is 488 g/mol. The molecule has 37 heavy (non-hydrogen) atoms. The Kier molecular flexibility index (Phi) is 13.6. The van der Waals surface area contributed by atoms with Gasteiger partial charge in [-0.25, -0.2) is 4.79 Å². The van der Waals surface area contributed by atoms with Crippen LogP contribution in [0, 0.1) is 0 Å². The summed E-state index contributed by atoms with van der Waals surface area (Å²) >= 11 is 0. The molecule has 4 atom stereocenters. The van der Waals surface area contributed by atoms with Gasteiger partial charge in [0.15, 0.2) is 0 Å². The standard InChI is InChI=1S/C23H36N6O8/c24-10-2-1-3-15(25)20(33)29-18(12-30)22(35)28-17(11-13-4-6-14(31)7-5-13)21(34)27-16(23(36)37)8-9-19(26)32/h4-7,15-18,30-31H,1-3,8-12,24-25H2,(H2,26,32)(H,27,34)(H,28,35)(H,29,33)(H,36,37). The summed E-state index contributed by atoms with van der Waals surface area (Å²) in [7, 11) is 0. The van der Waals surface area contributed by atoms with E-state index >= 15 is 0 Å². The lowest BCUT2D eigenvalue weighted by molar-refractivity contribution is -0.142. The van der Waals surface area contributed by atoms with Crippen LogP contribution in [0.2, 0.25) is 0 Å². The molecule has 0 radical (unpaired) electrons. The van der Waals surface area contributed by atoms with Crippen LogP contribution in [0.3, 0.4) is 0 Å². The molecule has 0 aliphatic heterocycles. The average Bonchev–Trinajstić information content (AvgIpc) is 2.85. The first-order valence-electron chi connectivity index (χ1n) is 11.7. The summed E-state index contributed by atoms with van der Waals surface area (Å²) in [6.07, 6.45) is 0.886. The Bertz CT molecular complexity index is 926. The molecule has 1 aromatic rings. The Labute approximate surface area is 213 Å². The molecule has 4 unspecified atom stereocenters. The van der Waals surface area contributed by atoms with Gasteiger partial charge in [0.05, 0.1) is 12.6 Å². The number of carbonyl (C=O) groups is 5. The number of carboxylic acid groups (broad SMARTS) is 1. The minimum Gasteiger partial charge on any atom is -0.508 e. The van der Waals surface area contributed by atoms with E-state index in [1.54, 1.807) is 0 Å². The molecule has 0 aliphatic rings. The van der Waals surface area contributed by atoms with E-state index in [0.29, 0.717) is 31.4 Å². The van der Waals surface area contributed by atoms with E-state index in [1.165, 1.54) is 24.3 Å². The van der Waals surface area contributed by atoms with Crippen molar-refractivity contribution in [2.75, 3.05) is 13.2 Å². The number of unbranched alkanes of at least 4 members (excludes halogenated alkanes) is 1. The Hall–Kier alpha value is -3.75. The first-order chi connectivity index (χ1) is 17.5. The molecule has 0 saturated carbocycles. The lowest BCUT2D eigenvalue weighted by Crippen LogP contribution is -2.58. The van der Waals surface area contributed by atoms with E-state index < -0.39 is 60.4 Å². The maximum Gasteiger partial charge on any atom is 0.326 e. The third kappa shape index (κ3) is 11.7. The van der Waals surface area contributed by atoms with Gasteiger partial charge in [0.1, 0.15) is 23.9 Å². The number of aliphatic hydroxyl groups is 1. The number of rotatable bonds is 17. The van der Waals surface area contributed by atoms with E-state index in [0.717, 1.165) is 0 Å². The van der Waals surface area contributed by atoms with Gasteiger partial charge >= 0.3 is 5.97 Å². The molecule has 206 valence electrons. The minimum atomic E-state index is -1.46. The highest BCUT2D eigenvalue weighted by atomic mass is 16.4. The summed E-state index contributed by atoms with van der Waals surface area (Å²) in [5.41, 5.74) is 16.8. The number of aliphatic carboxylic acids is 1. The molecular formula is C23H36N6O8. The van der Waals surface area contributed by atoms with E-state index in [2.05, 4.69) is 16.0 Å². The molecule has 0 aliphatic carbocycles. The van der Waals surface area contributed by atoms with Crippen molar-refractivity contribution in [1.82, 2.24) is 16.0 Å². The van der Waals surface area contributed by atoms with Crippen LogP contribution in [0.15, 0.2) is 24.3 Å². The number of hydrogen-bond acceptors (Lipinski definition) is 9. The summed E-state index contributed by atoms with van der Waals surface area (Å²) < 4.78 is 0. The Morgan fingerprint density at radius 1 is 0.838 bits per heavy atom. The fourth-order valence-electron chi connectivity index (χ4n) is 3.28. The van der Waals surface area contributed by atoms with Crippen molar-refractivity contribution in [3.05, 3.63) is 29.8 Å². The normalized spacial score (nSPS) is 14.0. The van der Waals surface area contributed by atoms with Gasteiger partial charge in [0, 0.05) is 12.8 Å². The molecule has 0 bridgehead atoms. The first-order valence-corrected chi connectivity index (χ1v) is 11.7. The first kappa shape index (κ1) is 31.3. The topological polar surface area (TPSA) is 260 Å². The van der Waals surface area contributed by atoms with Crippen LogP contribution in [-0.4, -0.2) is 82.2 Å². The maximum atomic E-state index is 13.0. The van der Waals surface area contributed by atoms with Gasteiger partial charge in [-0.2, -0.15) is 0 Å². The van der Waals surface area contributed by atoms with Crippen molar-refractivity contribution in [1.29, 1.82) is 0 Å². The second kappa shape index (κ2) is 16.1. The highest BCUT2D eigenvalue weighted by molar-refractivity contribution is 5.94. The van der Waals surface area contributed by atoms with Crippen LogP contribution < -0.4 is 33.2 Å².